The van der Waals surface area contributed by atoms with E-state index in [-0.39, 0.29) is 18.5 Å². The summed E-state index contributed by atoms with van der Waals surface area (Å²) in [5.74, 6) is 0.415. The largest absolute Gasteiger partial charge is 0.497 e. The maximum absolute atomic E-state index is 14.0. The summed E-state index contributed by atoms with van der Waals surface area (Å²) in [6, 6.07) is 17.6. The predicted molar refractivity (Wildman–Crippen MR) is 152 cm³/mol. The number of carbonyl (C=O) groups excluding carboxylic acids is 2. The van der Waals surface area contributed by atoms with E-state index in [1.807, 2.05) is 13.8 Å². The Balaban J connectivity index is 2.09. The maximum atomic E-state index is 14.0. The van der Waals surface area contributed by atoms with Crippen molar-refractivity contribution in [1.82, 2.24) is 4.90 Å². The fourth-order valence-electron chi connectivity index (χ4n) is 4.61. The van der Waals surface area contributed by atoms with E-state index >= 15 is 0 Å². The van der Waals surface area contributed by atoms with Crippen LogP contribution in [0.15, 0.2) is 71.7 Å². The molecule has 39 heavy (non-hydrogen) atoms. The molecule has 0 radical (unpaired) electrons. The molecule has 1 amide bonds. The first kappa shape index (κ1) is 28.7. The topological polar surface area (TPSA) is 77.4 Å². The predicted octanol–water partition coefficient (Wildman–Crippen LogP) is 7.41. The van der Waals surface area contributed by atoms with Crippen LogP contribution in [-0.4, -0.2) is 41.9 Å². The average molecular weight is 590 g/mol. The molecule has 7 nitrogen and oxygen atoms in total. The number of rotatable bonds is 8. The number of halogens is 3. The Bertz CT molecular complexity index is 1390. The molecule has 3 aromatic carbocycles. The van der Waals surface area contributed by atoms with E-state index in [0.29, 0.717) is 38.2 Å². The summed E-state index contributed by atoms with van der Waals surface area (Å²) < 4.78 is 17.1. The van der Waals surface area contributed by atoms with Crippen LogP contribution in [0.25, 0.3) is 0 Å². The second-order valence-corrected chi connectivity index (χ2v) is 10.2. The fourth-order valence-corrected chi connectivity index (χ4v) is 5.04. The van der Waals surface area contributed by atoms with E-state index in [9.17, 15) is 9.59 Å². The highest BCUT2D eigenvalue weighted by molar-refractivity contribution is 6.64. The van der Waals surface area contributed by atoms with Gasteiger partial charge in [0.2, 0.25) is 5.54 Å². The number of esters is 1. The molecule has 1 heterocycles. The van der Waals surface area contributed by atoms with Crippen molar-refractivity contribution in [3.63, 3.8) is 0 Å². The lowest BCUT2D eigenvalue weighted by molar-refractivity contribution is -0.151. The summed E-state index contributed by atoms with van der Waals surface area (Å²) in [4.78, 5) is 33.5. The summed E-state index contributed by atoms with van der Waals surface area (Å²) in [5.41, 5.74) is -0.265. The van der Waals surface area contributed by atoms with Gasteiger partial charge in [0.05, 0.1) is 25.4 Å². The molecule has 2 atom stereocenters. The molecule has 10 heteroatoms. The minimum Gasteiger partial charge on any atom is -0.497 e. The van der Waals surface area contributed by atoms with Crippen LogP contribution in [0.5, 0.6) is 11.5 Å². The molecular weight excluding hydrogens is 563 g/mol. The number of hydrogen-bond acceptors (Lipinski definition) is 6. The van der Waals surface area contributed by atoms with Gasteiger partial charge in [-0.2, -0.15) is 0 Å². The van der Waals surface area contributed by atoms with Gasteiger partial charge in [-0.25, -0.2) is 9.79 Å². The summed E-state index contributed by atoms with van der Waals surface area (Å²) in [6.07, 6.45) is -0.212. The third-order valence-corrected chi connectivity index (χ3v) is 6.89. The van der Waals surface area contributed by atoms with E-state index < -0.39 is 22.9 Å². The number of aliphatic imine (C=N–C) groups is 1. The van der Waals surface area contributed by atoms with Crippen molar-refractivity contribution in [2.24, 2.45) is 4.99 Å². The Kier molecular flexibility index (Phi) is 8.74. The highest BCUT2D eigenvalue weighted by Crippen LogP contribution is 2.51. The Hall–Kier alpha value is -3.26. The zero-order valence-electron chi connectivity index (χ0n) is 21.8. The second kappa shape index (κ2) is 11.9. The summed E-state index contributed by atoms with van der Waals surface area (Å²) >= 11 is 18.7. The molecule has 0 N–H and O–H groups in total. The van der Waals surface area contributed by atoms with Gasteiger partial charge in [0.15, 0.2) is 0 Å². The molecule has 0 saturated carbocycles. The Morgan fingerprint density at radius 3 is 2.15 bits per heavy atom. The molecule has 2 unspecified atom stereocenters. The highest BCUT2D eigenvalue weighted by atomic mass is 35.5. The lowest BCUT2D eigenvalue weighted by Gasteiger charge is -2.35. The minimum absolute atomic E-state index is 0.0887. The number of methoxy groups -OCH3 is 1. The molecule has 0 fully saturated rings. The smallest absolute Gasteiger partial charge is 0.341 e. The van der Waals surface area contributed by atoms with Crippen LogP contribution in [0.4, 0.5) is 4.79 Å². The van der Waals surface area contributed by atoms with Crippen molar-refractivity contribution in [1.29, 1.82) is 0 Å². The second-order valence-electron chi connectivity index (χ2n) is 9.03. The van der Waals surface area contributed by atoms with Crippen LogP contribution in [0, 0.1) is 0 Å². The zero-order chi connectivity index (χ0) is 28.3. The average Bonchev–Trinajstić information content (AvgIpc) is 3.26. The van der Waals surface area contributed by atoms with Crippen LogP contribution in [0.2, 0.25) is 10.0 Å². The van der Waals surface area contributed by atoms with Crippen molar-refractivity contribution in [2.45, 2.75) is 38.5 Å². The molecule has 0 saturated heterocycles. The van der Waals surface area contributed by atoms with Crippen LogP contribution < -0.4 is 9.47 Å². The maximum Gasteiger partial charge on any atom is 0.341 e. The van der Waals surface area contributed by atoms with Crippen LogP contribution >= 0.6 is 34.8 Å². The number of amidine groups is 1. The molecule has 4 rings (SSSR count). The number of nitrogens with zero attached hydrogens (tertiary/aromatic N) is 2. The van der Waals surface area contributed by atoms with Crippen molar-refractivity contribution in [3.05, 3.63) is 93.5 Å². The number of ether oxygens (including phenoxy) is 3. The standard InChI is InChI=1S/C29H27Cl3N2O5/c1-5-38-27(35)29(19-8-12-21(31)13-9-19)25(18-6-10-20(30)11-7-18)34(28(32)36)26(33-29)23-15-14-22(37-4)16-24(23)39-17(2)3/h6-17,25H,5H2,1-4H3. The third kappa shape index (κ3) is 5.57. The van der Waals surface area contributed by atoms with Crippen molar-refractivity contribution >= 4 is 52.0 Å². The van der Waals surface area contributed by atoms with Gasteiger partial charge in [0.1, 0.15) is 23.4 Å². The van der Waals surface area contributed by atoms with Crippen molar-refractivity contribution in [3.8, 4) is 11.5 Å². The van der Waals surface area contributed by atoms with Gasteiger partial charge >= 0.3 is 11.3 Å². The van der Waals surface area contributed by atoms with E-state index in [4.69, 9.17) is 54.0 Å². The number of amides is 1. The van der Waals surface area contributed by atoms with Crippen LogP contribution in [0.3, 0.4) is 0 Å². The zero-order valence-corrected chi connectivity index (χ0v) is 24.1. The first-order valence-corrected chi connectivity index (χ1v) is 13.4. The molecule has 1 aliphatic heterocycles. The normalized spacial score (nSPS) is 18.6. The number of benzene rings is 3. The molecule has 204 valence electrons. The first-order valence-electron chi connectivity index (χ1n) is 12.2. The van der Waals surface area contributed by atoms with E-state index in [0.717, 1.165) is 0 Å². The van der Waals surface area contributed by atoms with Gasteiger partial charge in [0.25, 0.3) is 0 Å². The minimum atomic E-state index is -1.73. The van der Waals surface area contributed by atoms with Gasteiger partial charge in [0, 0.05) is 16.1 Å². The SMILES string of the molecule is CCOC(=O)C1(c2ccc(Cl)cc2)N=C(c2ccc(OC)cc2OC(C)C)N(C(=O)Cl)C1c1ccc(Cl)cc1. The third-order valence-electron chi connectivity index (χ3n) is 6.20. The summed E-state index contributed by atoms with van der Waals surface area (Å²) in [7, 11) is 1.54. The lowest BCUT2D eigenvalue weighted by atomic mass is 9.80. The van der Waals surface area contributed by atoms with Gasteiger partial charge in [-0.1, -0.05) is 47.5 Å². The summed E-state index contributed by atoms with van der Waals surface area (Å²) in [5, 5.41) is 0.105. The number of carbonyl (C=O) groups is 2. The molecule has 3 aromatic rings. The molecule has 1 aliphatic rings. The van der Waals surface area contributed by atoms with Gasteiger partial charge in [-0.3, -0.25) is 9.69 Å². The monoisotopic (exact) mass is 588 g/mol. The number of hydrogen-bond donors (Lipinski definition) is 0. The molecule has 0 spiro atoms. The lowest BCUT2D eigenvalue weighted by Crippen LogP contribution is -2.45. The van der Waals surface area contributed by atoms with Crippen molar-refractivity contribution < 1.29 is 23.8 Å². The Labute approximate surface area is 242 Å². The van der Waals surface area contributed by atoms with Crippen LogP contribution in [0.1, 0.15) is 43.5 Å². The molecule has 0 bridgehead atoms. The first-order chi connectivity index (χ1) is 18.6. The van der Waals surface area contributed by atoms with E-state index in [1.54, 1.807) is 80.8 Å². The molecule has 0 aromatic heterocycles. The van der Waals surface area contributed by atoms with Gasteiger partial charge in [-0.15, -0.1) is 0 Å². The Morgan fingerprint density at radius 2 is 1.62 bits per heavy atom. The molecular formula is C29H27Cl3N2O5. The van der Waals surface area contributed by atoms with E-state index in [2.05, 4.69) is 0 Å². The Morgan fingerprint density at radius 1 is 1.00 bits per heavy atom. The van der Waals surface area contributed by atoms with Gasteiger partial charge < -0.3 is 14.2 Å². The van der Waals surface area contributed by atoms with Crippen LogP contribution in [-0.2, 0) is 15.1 Å². The van der Waals surface area contributed by atoms with Crippen molar-refractivity contribution in [2.75, 3.05) is 13.7 Å². The molecule has 0 aliphatic carbocycles. The summed E-state index contributed by atoms with van der Waals surface area (Å²) in [6.45, 7) is 5.53. The van der Waals surface area contributed by atoms with Gasteiger partial charge in [-0.05, 0) is 79.9 Å². The van der Waals surface area contributed by atoms with E-state index in [1.165, 1.54) is 4.90 Å². The quantitative estimate of drug-likeness (QED) is 0.155. The highest BCUT2D eigenvalue weighted by Gasteiger charge is 2.59. The fraction of sp³-hybridized carbons (Fsp3) is 0.276.